The molecule has 0 radical (unpaired) electrons. The molecule has 2 fully saturated rings. The molecule has 0 amide bonds. The smallest absolute Gasteiger partial charge is 0.308 e. The van der Waals surface area contributed by atoms with Crippen LogP contribution in [0.25, 0.3) is 0 Å². The maximum absolute atomic E-state index is 12.2. The summed E-state index contributed by atoms with van der Waals surface area (Å²) in [4.78, 5) is 12.2. The summed E-state index contributed by atoms with van der Waals surface area (Å²) < 4.78 is 21.4. The van der Waals surface area contributed by atoms with Crippen molar-refractivity contribution in [3.63, 3.8) is 0 Å². The Kier molecular flexibility index (Phi) is 14.0. The number of hydrogen-bond donors (Lipinski definition) is 7. The van der Waals surface area contributed by atoms with Crippen molar-refractivity contribution in [1.82, 2.24) is 0 Å². The molecule has 12 heteroatoms. The van der Waals surface area contributed by atoms with Crippen LogP contribution in [0.1, 0.15) is 71.1 Å². The zero-order chi connectivity index (χ0) is 26.7. The molecule has 2 aliphatic rings. The minimum Gasteiger partial charge on any atom is -0.433 e. The summed E-state index contributed by atoms with van der Waals surface area (Å²) in [6.07, 6.45) is -5.78. The number of carbonyl (C=O) groups is 1. The van der Waals surface area contributed by atoms with Crippen LogP contribution in [0.3, 0.4) is 0 Å². The molecule has 36 heavy (non-hydrogen) atoms. The second-order valence-corrected chi connectivity index (χ2v) is 9.57. The minimum atomic E-state index is -1.75. The van der Waals surface area contributed by atoms with E-state index in [9.17, 15) is 40.5 Å². The van der Waals surface area contributed by atoms with Crippen molar-refractivity contribution < 1.29 is 59.5 Å². The molecule has 0 aromatic carbocycles. The van der Waals surface area contributed by atoms with Gasteiger partial charge >= 0.3 is 5.97 Å². The van der Waals surface area contributed by atoms with Gasteiger partial charge in [-0.2, -0.15) is 0 Å². The van der Waals surface area contributed by atoms with Crippen molar-refractivity contribution in [3.8, 4) is 0 Å². The second-order valence-electron chi connectivity index (χ2n) is 9.57. The Labute approximate surface area is 211 Å². The third-order valence-electron chi connectivity index (χ3n) is 6.69. The molecule has 10 atom stereocenters. The highest BCUT2D eigenvalue weighted by Crippen LogP contribution is 2.29. The Hall–Kier alpha value is -0.930. The van der Waals surface area contributed by atoms with Gasteiger partial charge in [-0.25, -0.2) is 0 Å². The fourth-order valence-electron chi connectivity index (χ4n) is 4.42. The Morgan fingerprint density at radius 1 is 0.667 bits per heavy atom. The highest BCUT2D eigenvalue weighted by atomic mass is 16.7. The molecule has 7 N–H and O–H groups in total. The van der Waals surface area contributed by atoms with E-state index in [0.29, 0.717) is 6.42 Å². The number of hydrogen-bond acceptors (Lipinski definition) is 12. The van der Waals surface area contributed by atoms with Crippen LogP contribution in [0, 0.1) is 0 Å². The number of aliphatic hydroxyl groups excluding tert-OH is 7. The monoisotopic (exact) mass is 524 g/mol. The molecule has 0 saturated carbocycles. The molecule has 0 aromatic heterocycles. The van der Waals surface area contributed by atoms with E-state index in [1.165, 1.54) is 32.1 Å². The third kappa shape index (κ3) is 8.83. The first-order valence-electron chi connectivity index (χ1n) is 13.0. The van der Waals surface area contributed by atoms with Gasteiger partial charge in [-0.1, -0.05) is 58.3 Å². The van der Waals surface area contributed by atoms with Gasteiger partial charge in [-0.3, -0.25) is 4.79 Å². The maximum atomic E-state index is 12.2. The standard InChI is InChI=1S/C24H44O12/c1-2-3-4-5-6-7-8-9-10-11-16(27)35-23-21(32)19(30)22(15(13-26)34-23)36-24-20(31)18(29)17(28)14(12-25)33-24/h14-15,17-26,28-32H,2-13H2,1H3/t14-,15-,17-,18+,19-,20-,21-,22-,23+,24-/m1/s1. The minimum absolute atomic E-state index is 0.118. The molecule has 0 aliphatic carbocycles. The summed E-state index contributed by atoms with van der Waals surface area (Å²) in [6.45, 7) is 0.799. The number of carbonyl (C=O) groups excluding carboxylic acids is 1. The molecule has 212 valence electrons. The predicted molar refractivity (Wildman–Crippen MR) is 124 cm³/mol. The number of esters is 1. The molecule has 2 heterocycles. The molecule has 2 saturated heterocycles. The number of rotatable bonds is 15. The van der Waals surface area contributed by atoms with Crippen molar-refractivity contribution in [3.05, 3.63) is 0 Å². The van der Waals surface area contributed by atoms with Gasteiger partial charge in [0.25, 0.3) is 0 Å². The lowest BCUT2D eigenvalue weighted by atomic mass is 9.97. The van der Waals surface area contributed by atoms with Crippen LogP contribution in [0.5, 0.6) is 0 Å². The molecular formula is C24H44O12. The molecular weight excluding hydrogens is 480 g/mol. The highest BCUT2D eigenvalue weighted by Gasteiger charge is 2.51. The highest BCUT2D eigenvalue weighted by molar-refractivity contribution is 5.69. The van der Waals surface area contributed by atoms with Crippen LogP contribution in [-0.2, 0) is 23.7 Å². The van der Waals surface area contributed by atoms with Crippen LogP contribution < -0.4 is 0 Å². The fraction of sp³-hybridized carbons (Fsp3) is 0.958. The van der Waals surface area contributed by atoms with E-state index in [0.717, 1.165) is 19.3 Å². The van der Waals surface area contributed by atoms with Crippen LogP contribution in [0.4, 0.5) is 0 Å². The van der Waals surface area contributed by atoms with E-state index >= 15 is 0 Å². The van der Waals surface area contributed by atoms with Gasteiger partial charge in [0.1, 0.15) is 48.8 Å². The summed E-state index contributed by atoms with van der Waals surface area (Å²) in [5.41, 5.74) is 0. The molecule has 2 rings (SSSR count). The quantitative estimate of drug-likeness (QED) is 0.103. The number of aliphatic hydroxyl groups is 7. The van der Waals surface area contributed by atoms with Gasteiger partial charge in [0.05, 0.1) is 13.2 Å². The average Bonchev–Trinajstić information content (AvgIpc) is 2.87. The molecule has 12 nitrogen and oxygen atoms in total. The van der Waals surface area contributed by atoms with Gasteiger partial charge < -0.3 is 54.7 Å². The van der Waals surface area contributed by atoms with Gasteiger partial charge in [0.2, 0.25) is 6.29 Å². The van der Waals surface area contributed by atoms with Crippen molar-refractivity contribution in [2.24, 2.45) is 0 Å². The molecule has 0 bridgehead atoms. The van der Waals surface area contributed by atoms with Crippen molar-refractivity contribution in [2.75, 3.05) is 13.2 Å². The first-order chi connectivity index (χ1) is 17.2. The van der Waals surface area contributed by atoms with Gasteiger partial charge in [0, 0.05) is 6.42 Å². The normalized spacial score (nSPS) is 37.1. The van der Waals surface area contributed by atoms with Gasteiger partial charge in [-0.05, 0) is 6.42 Å². The Morgan fingerprint density at radius 2 is 1.19 bits per heavy atom. The lowest BCUT2D eigenvalue weighted by Crippen LogP contribution is -2.64. The number of unbranched alkanes of at least 4 members (excludes halogenated alkanes) is 8. The summed E-state index contributed by atoms with van der Waals surface area (Å²) in [6, 6.07) is 0. The zero-order valence-corrected chi connectivity index (χ0v) is 20.9. The maximum Gasteiger partial charge on any atom is 0.308 e. The van der Waals surface area contributed by atoms with Gasteiger partial charge in [-0.15, -0.1) is 0 Å². The van der Waals surface area contributed by atoms with Crippen LogP contribution >= 0.6 is 0 Å². The summed E-state index contributed by atoms with van der Waals surface area (Å²) >= 11 is 0. The summed E-state index contributed by atoms with van der Waals surface area (Å²) in [7, 11) is 0. The molecule has 2 aliphatic heterocycles. The van der Waals surface area contributed by atoms with Gasteiger partial charge in [0.15, 0.2) is 6.29 Å². The Balaban J connectivity index is 1.81. The molecule has 0 spiro atoms. The van der Waals surface area contributed by atoms with Crippen molar-refractivity contribution in [1.29, 1.82) is 0 Å². The van der Waals surface area contributed by atoms with E-state index < -0.39 is 80.6 Å². The topological polar surface area (TPSA) is 196 Å². The summed E-state index contributed by atoms with van der Waals surface area (Å²) in [5.74, 6) is -0.612. The Morgan fingerprint density at radius 3 is 1.78 bits per heavy atom. The SMILES string of the molecule is CCCCCCCCCCCC(=O)O[C@@H]1O[C@H](CO)[C@@H](O[C@H]2O[C@H](CO)[C@@H](O)[C@H](O)[C@H]2O)[C@H](O)[C@H]1O. The molecule has 0 unspecified atom stereocenters. The largest absolute Gasteiger partial charge is 0.433 e. The van der Waals surface area contributed by atoms with E-state index in [4.69, 9.17) is 18.9 Å². The predicted octanol–water partition coefficient (Wildman–Crippen LogP) is -0.925. The number of ether oxygens (including phenoxy) is 4. The fourth-order valence-corrected chi connectivity index (χ4v) is 4.42. The van der Waals surface area contributed by atoms with Crippen molar-refractivity contribution in [2.45, 2.75) is 133 Å². The third-order valence-corrected chi connectivity index (χ3v) is 6.69. The van der Waals surface area contributed by atoms with Crippen LogP contribution in [0.2, 0.25) is 0 Å². The van der Waals surface area contributed by atoms with E-state index in [-0.39, 0.29) is 6.42 Å². The second kappa shape index (κ2) is 16.1. The lowest BCUT2D eigenvalue weighted by molar-refractivity contribution is -0.355. The summed E-state index contributed by atoms with van der Waals surface area (Å²) in [5, 5.41) is 70.0. The Bertz CT molecular complexity index is 618. The van der Waals surface area contributed by atoms with Crippen LogP contribution in [0.15, 0.2) is 0 Å². The van der Waals surface area contributed by atoms with E-state index in [2.05, 4.69) is 6.92 Å². The first kappa shape index (κ1) is 31.3. The lowest BCUT2D eigenvalue weighted by Gasteiger charge is -2.45. The van der Waals surface area contributed by atoms with Crippen molar-refractivity contribution >= 4 is 5.97 Å². The first-order valence-corrected chi connectivity index (χ1v) is 13.0. The van der Waals surface area contributed by atoms with Crippen LogP contribution in [-0.4, -0.2) is 116 Å². The zero-order valence-electron chi connectivity index (χ0n) is 20.9. The average molecular weight is 525 g/mol. The van der Waals surface area contributed by atoms with E-state index in [1.807, 2.05) is 0 Å². The van der Waals surface area contributed by atoms with E-state index in [1.54, 1.807) is 0 Å². The molecule has 0 aromatic rings.